The number of nitrogens with zero attached hydrogens (tertiary/aromatic N) is 6. The Hall–Kier alpha value is -2.90. The third-order valence-electron chi connectivity index (χ3n) is 5.55. The van der Waals surface area contributed by atoms with E-state index in [1.54, 1.807) is 25.4 Å². The van der Waals surface area contributed by atoms with Crippen molar-refractivity contribution in [3.05, 3.63) is 35.7 Å². The third kappa shape index (κ3) is 4.41. The van der Waals surface area contributed by atoms with Crippen molar-refractivity contribution in [1.29, 1.82) is 0 Å². The molecule has 4 heterocycles. The highest BCUT2D eigenvalue weighted by molar-refractivity contribution is 5.94. The summed E-state index contributed by atoms with van der Waals surface area (Å²) < 4.78 is 5.06. The molecule has 0 bridgehead atoms. The van der Waals surface area contributed by atoms with Crippen LogP contribution in [0.1, 0.15) is 35.3 Å². The number of carbonyl (C=O) groups excluding carboxylic acids is 1. The summed E-state index contributed by atoms with van der Waals surface area (Å²) in [5.74, 6) is 2.30. The Labute approximate surface area is 171 Å². The molecule has 1 amide bonds. The van der Waals surface area contributed by atoms with Crippen molar-refractivity contribution >= 4 is 17.7 Å². The van der Waals surface area contributed by atoms with Gasteiger partial charge in [-0.1, -0.05) is 0 Å². The molecule has 29 heavy (non-hydrogen) atoms. The summed E-state index contributed by atoms with van der Waals surface area (Å²) in [6.07, 6.45) is 5.31. The molecule has 154 valence electrons. The average molecular weight is 396 g/mol. The predicted octanol–water partition coefficient (Wildman–Crippen LogP) is 2.14. The van der Waals surface area contributed by atoms with Crippen molar-refractivity contribution in [3.63, 3.8) is 0 Å². The van der Waals surface area contributed by atoms with Gasteiger partial charge in [0.05, 0.1) is 12.7 Å². The van der Waals surface area contributed by atoms with Gasteiger partial charge in [-0.3, -0.25) is 4.79 Å². The van der Waals surface area contributed by atoms with Gasteiger partial charge in [-0.05, 0) is 32.3 Å². The highest BCUT2D eigenvalue weighted by Gasteiger charge is 2.25. The maximum absolute atomic E-state index is 12.7. The number of carbonyl (C=O) groups is 1. The quantitative estimate of drug-likeness (QED) is 0.784. The molecule has 2 fully saturated rings. The van der Waals surface area contributed by atoms with Crippen LogP contribution in [0.3, 0.4) is 0 Å². The number of ether oxygens (including phenoxy) is 1. The minimum atomic E-state index is -0.000954. The van der Waals surface area contributed by atoms with Crippen molar-refractivity contribution in [3.8, 4) is 5.88 Å². The number of pyridine rings is 1. The predicted molar refractivity (Wildman–Crippen MR) is 112 cm³/mol. The van der Waals surface area contributed by atoms with Crippen molar-refractivity contribution in [1.82, 2.24) is 19.9 Å². The molecule has 2 aliphatic heterocycles. The van der Waals surface area contributed by atoms with Gasteiger partial charge in [0.15, 0.2) is 0 Å². The highest BCUT2D eigenvalue weighted by Crippen LogP contribution is 2.22. The molecule has 0 atom stereocenters. The number of anilines is 2. The third-order valence-corrected chi connectivity index (χ3v) is 5.55. The zero-order valence-corrected chi connectivity index (χ0v) is 17.2. The van der Waals surface area contributed by atoms with Crippen molar-refractivity contribution < 1.29 is 9.53 Å². The fraction of sp³-hybridized carbons (Fsp3) is 0.524. The van der Waals surface area contributed by atoms with Gasteiger partial charge in [0.25, 0.3) is 5.91 Å². The number of piperidine rings is 1. The number of amides is 1. The first-order valence-corrected chi connectivity index (χ1v) is 10.3. The summed E-state index contributed by atoms with van der Waals surface area (Å²) in [5.41, 5.74) is 1.57. The number of piperazine rings is 1. The Morgan fingerprint density at radius 1 is 0.966 bits per heavy atom. The van der Waals surface area contributed by atoms with Gasteiger partial charge in [-0.15, -0.1) is 0 Å². The highest BCUT2D eigenvalue weighted by atomic mass is 16.5. The SMILES string of the molecule is COc1ccc(C(=O)N2CCN(c3nc(C)cc(N4CCCCC4)n3)CC2)cn1. The molecule has 8 heteroatoms. The number of aryl methyl sites for hydroxylation is 1. The van der Waals surface area contributed by atoms with Crippen LogP contribution in [-0.4, -0.2) is 72.1 Å². The largest absolute Gasteiger partial charge is 0.481 e. The Kier molecular flexibility index (Phi) is 5.78. The minimum absolute atomic E-state index is 0.000954. The standard InChI is InChI=1S/C21H28N6O2/c1-16-14-18(25-8-4-3-5-9-25)24-21(23-16)27-12-10-26(11-13-27)20(28)17-6-7-19(29-2)22-15-17/h6-7,14-15H,3-5,8-13H2,1-2H3. The topological polar surface area (TPSA) is 74.7 Å². The second-order valence-electron chi connectivity index (χ2n) is 7.58. The van der Waals surface area contributed by atoms with Gasteiger partial charge in [-0.25, -0.2) is 9.97 Å². The van der Waals surface area contributed by atoms with Crippen LogP contribution < -0.4 is 14.5 Å². The van der Waals surface area contributed by atoms with Gasteiger partial charge >= 0.3 is 0 Å². The van der Waals surface area contributed by atoms with E-state index < -0.39 is 0 Å². The molecule has 0 N–H and O–H groups in total. The van der Waals surface area contributed by atoms with Gasteiger partial charge in [0, 0.05) is 63.3 Å². The number of methoxy groups -OCH3 is 1. The van der Waals surface area contributed by atoms with E-state index in [4.69, 9.17) is 9.72 Å². The Bertz CT molecular complexity index is 843. The Morgan fingerprint density at radius 2 is 1.72 bits per heavy atom. The summed E-state index contributed by atoms with van der Waals surface area (Å²) in [5, 5.41) is 0. The van der Waals surface area contributed by atoms with Crippen molar-refractivity contribution in [2.24, 2.45) is 0 Å². The van der Waals surface area contributed by atoms with Crippen LogP contribution in [0.2, 0.25) is 0 Å². The molecule has 8 nitrogen and oxygen atoms in total. The molecular weight excluding hydrogens is 368 g/mol. The fourth-order valence-electron chi connectivity index (χ4n) is 3.88. The van der Waals surface area contributed by atoms with Crippen LogP contribution >= 0.6 is 0 Å². The van der Waals surface area contributed by atoms with E-state index in [9.17, 15) is 4.79 Å². The lowest BCUT2D eigenvalue weighted by molar-refractivity contribution is 0.0745. The van der Waals surface area contributed by atoms with Crippen LogP contribution in [-0.2, 0) is 0 Å². The van der Waals surface area contributed by atoms with Crippen LogP contribution in [0.25, 0.3) is 0 Å². The zero-order valence-electron chi connectivity index (χ0n) is 17.2. The average Bonchev–Trinajstić information content (AvgIpc) is 2.79. The summed E-state index contributed by atoms with van der Waals surface area (Å²) in [6.45, 7) is 6.87. The van der Waals surface area contributed by atoms with E-state index in [0.29, 0.717) is 24.5 Å². The molecule has 2 aromatic rings. The monoisotopic (exact) mass is 396 g/mol. The first-order valence-electron chi connectivity index (χ1n) is 10.3. The maximum atomic E-state index is 12.7. The molecule has 2 aliphatic rings. The van der Waals surface area contributed by atoms with Crippen LogP contribution in [0.15, 0.2) is 24.4 Å². The number of hydrogen-bond donors (Lipinski definition) is 0. The van der Waals surface area contributed by atoms with Gasteiger partial charge in [-0.2, -0.15) is 4.98 Å². The smallest absolute Gasteiger partial charge is 0.255 e. The lowest BCUT2D eigenvalue weighted by Crippen LogP contribution is -2.49. The molecule has 0 spiro atoms. The number of aromatic nitrogens is 3. The number of hydrogen-bond acceptors (Lipinski definition) is 7. The van der Waals surface area contributed by atoms with E-state index >= 15 is 0 Å². The Balaban J connectivity index is 1.41. The lowest BCUT2D eigenvalue weighted by Gasteiger charge is -2.35. The van der Waals surface area contributed by atoms with Crippen molar-refractivity contribution in [2.75, 3.05) is 56.2 Å². The van der Waals surface area contributed by atoms with E-state index in [2.05, 4.69) is 25.8 Å². The number of rotatable bonds is 4. The molecule has 0 saturated carbocycles. The van der Waals surface area contributed by atoms with Crippen molar-refractivity contribution in [2.45, 2.75) is 26.2 Å². The molecule has 0 aromatic carbocycles. The van der Waals surface area contributed by atoms with Gasteiger partial charge in [0.2, 0.25) is 11.8 Å². The van der Waals surface area contributed by atoms with E-state index in [0.717, 1.165) is 43.6 Å². The second-order valence-corrected chi connectivity index (χ2v) is 7.58. The molecule has 4 rings (SSSR count). The second kappa shape index (κ2) is 8.63. The minimum Gasteiger partial charge on any atom is -0.481 e. The maximum Gasteiger partial charge on any atom is 0.255 e. The first-order chi connectivity index (χ1) is 14.1. The first kappa shape index (κ1) is 19.4. The van der Waals surface area contributed by atoms with Gasteiger partial charge < -0.3 is 19.4 Å². The molecule has 0 radical (unpaired) electrons. The van der Waals surface area contributed by atoms with E-state index in [1.807, 2.05) is 11.8 Å². The van der Waals surface area contributed by atoms with Gasteiger partial charge in [0.1, 0.15) is 5.82 Å². The molecule has 2 saturated heterocycles. The Morgan fingerprint density at radius 3 is 2.38 bits per heavy atom. The lowest BCUT2D eigenvalue weighted by atomic mass is 10.1. The van der Waals surface area contributed by atoms with E-state index in [1.165, 1.54) is 19.3 Å². The summed E-state index contributed by atoms with van der Waals surface area (Å²) in [4.78, 5) is 32.8. The molecule has 0 aliphatic carbocycles. The molecule has 2 aromatic heterocycles. The van der Waals surface area contributed by atoms with E-state index in [-0.39, 0.29) is 5.91 Å². The molecule has 0 unspecified atom stereocenters. The van der Waals surface area contributed by atoms with Crippen LogP contribution in [0.5, 0.6) is 5.88 Å². The normalized spacial score (nSPS) is 17.4. The van der Waals surface area contributed by atoms with Crippen LogP contribution in [0.4, 0.5) is 11.8 Å². The summed E-state index contributed by atoms with van der Waals surface area (Å²) in [6, 6.07) is 5.55. The summed E-state index contributed by atoms with van der Waals surface area (Å²) in [7, 11) is 1.56. The zero-order chi connectivity index (χ0) is 20.2. The van der Waals surface area contributed by atoms with Crippen LogP contribution in [0, 0.1) is 6.92 Å². The summed E-state index contributed by atoms with van der Waals surface area (Å²) >= 11 is 0. The molecular formula is C21H28N6O2. The fourth-order valence-corrected chi connectivity index (χ4v) is 3.88.